The lowest BCUT2D eigenvalue weighted by atomic mass is 10.1. The maximum Gasteiger partial charge on any atom is 0.471 e. The number of rotatable bonds is 9. The van der Waals surface area contributed by atoms with Crippen LogP contribution in [-0.4, -0.2) is 45.5 Å². The average molecular weight is 632 g/mol. The second-order valence-electron chi connectivity index (χ2n) is 10.1. The minimum atomic E-state index is -5.09. The van der Waals surface area contributed by atoms with E-state index in [-0.39, 0.29) is 38.8 Å². The molecule has 3 aromatic carbocycles. The van der Waals surface area contributed by atoms with Gasteiger partial charge < -0.3 is 19.8 Å². The van der Waals surface area contributed by atoms with E-state index in [4.69, 9.17) is 9.15 Å². The van der Waals surface area contributed by atoms with E-state index in [0.717, 1.165) is 0 Å². The number of aryl methyl sites for hydroxylation is 1. The number of fused-ring (bicyclic) bond motifs is 1. The molecule has 44 heavy (non-hydrogen) atoms. The molecule has 0 saturated heterocycles. The fourth-order valence-electron chi connectivity index (χ4n) is 4.40. The van der Waals surface area contributed by atoms with E-state index in [9.17, 15) is 36.0 Å². The molecule has 0 aliphatic rings. The lowest BCUT2D eigenvalue weighted by Crippen LogP contribution is -2.44. The van der Waals surface area contributed by atoms with Crippen molar-refractivity contribution in [2.75, 3.05) is 17.7 Å². The van der Waals surface area contributed by atoms with Crippen molar-refractivity contribution in [1.82, 2.24) is 4.72 Å². The van der Waals surface area contributed by atoms with Gasteiger partial charge in [-0.2, -0.15) is 17.9 Å². The van der Waals surface area contributed by atoms with Crippen LogP contribution in [-0.2, 0) is 24.3 Å². The molecule has 232 valence electrons. The maximum absolute atomic E-state index is 13.0. The normalized spacial score (nSPS) is 12.6. The molecule has 0 radical (unpaired) electrons. The predicted octanol–water partition coefficient (Wildman–Crippen LogP) is 5.64. The van der Waals surface area contributed by atoms with Gasteiger partial charge in [-0.15, -0.1) is 0 Å². The Morgan fingerprint density at radius 2 is 1.48 bits per heavy atom. The SMILES string of the molecule is COC(=O)C(NS(=O)(=O)c1ccc(-c2ccc(NC(=O)c3oc4cccc(NC(=O)C(F)(F)F)c4c3C)cc2)cc1)C(C)C. The van der Waals surface area contributed by atoms with Crippen LogP contribution in [0.4, 0.5) is 24.5 Å². The minimum Gasteiger partial charge on any atom is -0.468 e. The van der Waals surface area contributed by atoms with Gasteiger partial charge in [-0.25, -0.2) is 8.42 Å². The van der Waals surface area contributed by atoms with Gasteiger partial charge in [0.2, 0.25) is 10.0 Å². The zero-order valence-corrected chi connectivity index (χ0v) is 24.7. The minimum absolute atomic E-state index is 0.0398. The molecule has 1 atom stereocenters. The molecule has 0 saturated carbocycles. The Morgan fingerprint density at radius 3 is 2.02 bits per heavy atom. The molecule has 1 unspecified atom stereocenters. The number of benzene rings is 3. The molecule has 1 heterocycles. The van der Waals surface area contributed by atoms with E-state index in [1.807, 2.05) is 5.32 Å². The highest BCUT2D eigenvalue weighted by molar-refractivity contribution is 7.89. The molecule has 0 aliphatic carbocycles. The summed E-state index contributed by atoms with van der Waals surface area (Å²) < 4.78 is 76.7. The number of ether oxygens (including phenoxy) is 1. The highest BCUT2D eigenvalue weighted by atomic mass is 32.2. The largest absolute Gasteiger partial charge is 0.471 e. The summed E-state index contributed by atoms with van der Waals surface area (Å²) in [5.74, 6) is -3.98. The predicted molar refractivity (Wildman–Crippen MR) is 156 cm³/mol. The molecule has 0 spiro atoms. The van der Waals surface area contributed by atoms with Crippen LogP contribution in [0.3, 0.4) is 0 Å². The summed E-state index contributed by atoms with van der Waals surface area (Å²) in [5.41, 5.74) is 1.98. The molecule has 0 fully saturated rings. The van der Waals surface area contributed by atoms with Gasteiger partial charge in [0.25, 0.3) is 5.91 Å². The van der Waals surface area contributed by atoms with E-state index in [2.05, 4.69) is 10.0 Å². The Kier molecular flexibility index (Phi) is 9.16. The van der Waals surface area contributed by atoms with Crippen molar-refractivity contribution in [1.29, 1.82) is 0 Å². The highest BCUT2D eigenvalue weighted by Crippen LogP contribution is 2.33. The summed E-state index contributed by atoms with van der Waals surface area (Å²) in [6.07, 6.45) is -5.09. The monoisotopic (exact) mass is 631 g/mol. The molecule has 1 aromatic heterocycles. The van der Waals surface area contributed by atoms with E-state index in [0.29, 0.717) is 16.8 Å². The summed E-state index contributed by atoms with van der Waals surface area (Å²) in [5, 5.41) is 4.64. The molecular weight excluding hydrogens is 603 g/mol. The topological polar surface area (TPSA) is 144 Å². The number of furan rings is 1. The molecule has 14 heteroatoms. The number of methoxy groups -OCH3 is 1. The van der Waals surface area contributed by atoms with Crippen molar-refractivity contribution in [3.05, 3.63) is 78.1 Å². The second-order valence-corrected chi connectivity index (χ2v) is 11.8. The Morgan fingerprint density at radius 1 is 0.886 bits per heavy atom. The molecule has 4 rings (SSSR count). The van der Waals surface area contributed by atoms with Gasteiger partial charge in [-0.3, -0.25) is 14.4 Å². The number of sulfonamides is 1. The van der Waals surface area contributed by atoms with Crippen molar-refractivity contribution in [2.24, 2.45) is 5.92 Å². The van der Waals surface area contributed by atoms with Gasteiger partial charge >= 0.3 is 18.1 Å². The van der Waals surface area contributed by atoms with Crippen LogP contribution in [0.2, 0.25) is 0 Å². The number of hydrogen-bond donors (Lipinski definition) is 3. The first kappa shape index (κ1) is 32.2. The molecular formula is C30H28F3N3O7S. The van der Waals surface area contributed by atoms with Crippen LogP contribution >= 0.6 is 0 Å². The van der Waals surface area contributed by atoms with Crippen molar-refractivity contribution < 1.29 is 45.1 Å². The van der Waals surface area contributed by atoms with Crippen molar-refractivity contribution in [2.45, 2.75) is 37.9 Å². The van der Waals surface area contributed by atoms with Crippen LogP contribution in [0.15, 0.2) is 76.0 Å². The number of esters is 1. The highest BCUT2D eigenvalue weighted by Gasteiger charge is 2.39. The molecule has 0 bridgehead atoms. The lowest BCUT2D eigenvalue weighted by Gasteiger charge is -2.19. The van der Waals surface area contributed by atoms with Crippen LogP contribution in [0.1, 0.15) is 30.0 Å². The average Bonchev–Trinajstić information content (AvgIpc) is 3.32. The van der Waals surface area contributed by atoms with Gasteiger partial charge in [0.05, 0.1) is 17.7 Å². The fraction of sp³-hybridized carbons (Fsp3) is 0.233. The Balaban J connectivity index is 1.48. The number of alkyl halides is 3. The Bertz CT molecular complexity index is 1820. The second kappa shape index (κ2) is 12.5. The van der Waals surface area contributed by atoms with Gasteiger partial charge in [-0.05, 0) is 60.4 Å². The molecule has 3 N–H and O–H groups in total. The van der Waals surface area contributed by atoms with Crippen molar-refractivity contribution in [3.63, 3.8) is 0 Å². The van der Waals surface area contributed by atoms with Crippen LogP contribution < -0.4 is 15.4 Å². The Labute approximate surface area is 250 Å². The first-order valence-corrected chi connectivity index (χ1v) is 14.6. The van der Waals surface area contributed by atoms with Crippen LogP contribution in [0.5, 0.6) is 0 Å². The van der Waals surface area contributed by atoms with Gasteiger partial charge in [0, 0.05) is 16.6 Å². The Hall–Kier alpha value is -4.69. The molecule has 4 aromatic rings. The summed E-state index contributed by atoms with van der Waals surface area (Å²) >= 11 is 0. The van der Waals surface area contributed by atoms with Crippen molar-refractivity contribution >= 4 is 50.2 Å². The zero-order valence-electron chi connectivity index (χ0n) is 23.9. The summed E-state index contributed by atoms with van der Waals surface area (Å²) in [7, 11) is -2.83. The fourth-order valence-corrected chi connectivity index (χ4v) is 5.73. The summed E-state index contributed by atoms with van der Waals surface area (Å²) in [4.78, 5) is 36.4. The zero-order chi connectivity index (χ0) is 32.4. The van der Waals surface area contributed by atoms with Gasteiger partial charge in [0.1, 0.15) is 11.6 Å². The number of carbonyl (C=O) groups is 3. The number of carbonyl (C=O) groups excluding carboxylic acids is 3. The van der Waals surface area contributed by atoms with E-state index < -0.39 is 40.0 Å². The van der Waals surface area contributed by atoms with E-state index in [1.165, 1.54) is 44.4 Å². The number of hydrogen-bond acceptors (Lipinski definition) is 7. The van der Waals surface area contributed by atoms with Crippen LogP contribution in [0.25, 0.3) is 22.1 Å². The third-order valence-corrected chi connectivity index (χ3v) is 8.17. The maximum atomic E-state index is 13.0. The number of nitrogens with one attached hydrogen (secondary N) is 3. The number of amides is 2. The third kappa shape index (κ3) is 6.92. The smallest absolute Gasteiger partial charge is 0.468 e. The van der Waals surface area contributed by atoms with Crippen molar-refractivity contribution in [3.8, 4) is 11.1 Å². The van der Waals surface area contributed by atoms with Gasteiger partial charge in [0.15, 0.2) is 5.76 Å². The third-order valence-electron chi connectivity index (χ3n) is 6.71. The van der Waals surface area contributed by atoms with Crippen LogP contribution in [0, 0.1) is 12.8 Å². The first-order chi connectivity index (χ1) is 20.6. The number of halogens is 3. The molecule has 10 nitrogen and oxygen atoms in total. The number of anilines is 2. The van der Waals surface area contributed by atoms with E-state index in [1.54, 1.807) is 50.2 Å². The summed E-state index contributed by atoms with van der Waals surface area (Å²) in [6.45, 7) is 4.87. The summed E-state index contributed by atoms with van der Waals surface area (Å²) in [6, 6.07) is 15.7. The quantitative estimate of drug-likeness (QED) is 0.203. The standard InChI is InChI=1S/C30H28F3N3O7S/c1-16(2)25(28(38)42-4)36-44(40,41)21-14-10-19(11-15-21)18-8-12-20(13-9-18)34-27(37)26-17(3)24-22(6-5-7-23(24)43-26)35-29(39)30(31,32)33/h5-16,25,36H,1-4H3,(H,34,37)(H,35,39). The van der Waals surface area contributed by atoms with Gasteiger partial charge in [-0.1, -0.05) is 44.2 Å². The van der Waals surface area contributed by atoms with E-state index >= 15 is 0 Å². The first-order valence-electron chi connectivity index (χ1n) is 13.1. The lowest BCUT2D eigenvalue weighted by molar-refractivity contribution is -0.167. The molecule has 2 amide bonds. The molecule has 0 aliphatic heterocycles.